The van der Waals surface area contributed by atoms with Crippen LogP contribution in [-0.2, 0) is 0 Å². The molecular weight excluding hydrogens is 332 g/mol. The molecule has 2 N–H and O–H groups in total. The lowest BCUT2D eigenvalue weighted by Gasteiger charge is -2.08. The first-order valence-corrected chi connectivity index (χ1v) is 6.98. The molecule has 0 spiro atoms. The molecule has 0 bridgehead atoms. The Morgan fingerprint density at radius 1 is 1.53 bits per heavy atom. The summed E-state index contributed by atoms with van der Waals surface area (Å²) in [5, 5.41) is 14.8. The van der Waals surface area contributed by atoms with E-state index in [1.165, 1.54) is 30.6 Å². The predicted octanol–water partition coefficient (Wildman–Crippen LogP) is 3.18. The molecule has 0 aliphatic rings. The molecule has 0 radical (unpaired) electrons. The van der Waals surface area contributed by atoms with E-state index >= 15 is 0 Å². The molecule has 19 heavy (non-hydrogen) atoms. The standard InChI is InChI=1S/C12H11BrN2O3S/c1-6-5-19-12(14-6)15-11(17)7-3-8(13)10(16)9(4-7)18-2/h3-5,16H,1-2H3,(H,14,15,17). The van der Waals surface area contributed by atoms with E-state index in [0.29, 0.717) is 15.2 Å². The van der Waals surface area contributed by atoms with Crippen LogP contribution < -0.4 is 10.1 Å². The van der Waals surface area contributed by atoms with Crippen molar-refractivity contribution in [1.29, 1.82) is 0 Å². The summed E-state index contributed by atoms with van der Waals surface area (Å²) in [4.78, 5) is 16.2. The number of methoxy groups -OCH3 is 1. The number of carbonyl (C=O) groups is 1. The fraction of sp³-hybridized carbons (Fsp3) is 0.167. The maximum absolute atomic E-state index is 12.1. The second-order valence-electron chi connectivity index (χ2n) is 3.76. The van der Waals surface area contributed by atoms with Gasteiger partial charge in [0, 0.05) is 10.9 Å². The zero-order valence-electron chi connectivity index (χ0n) is 10.2. The van der Waals surface area contributed by atoms with Crippen LogP contribution in [0.25, 0.3) is 0 Å². The van der Waals surface area contributed by atoms with E-state index in [-0.39, 0.29) is 17.4 Å². The van der Waals surface area contributed by atoms with Crippen molar-refractivity contribution >= 4 is 38.3 Å². The highest BCUT2D eigenvalue weighted by atomic mass is 79.9. The maximum atomic E-state index is 12.1. The van der Waals surface area contributed by atoms with E-state index in [1.807, 2.05) is 12.3 Å². The number of amides is 1. The topological polar surface area (TPSA) is 71.5 Å². The van der Waals surface area contributed by atoms with E-state index in [2.05, 4.69) is 26.2 Å². The van der Waals surface area contributed by atoms with Gasteiger partial charge in [-0.1, -0.05) is 0 Å². The van der Waals surface area contributed by atoms with Crippen LogP contribution in [0.2, 0.25) is 0 Å². The minimum absolute atomic E-state index is 0.0378. The lowest BCUT2D eigenvalue weighted by atomic mass is 10.2. The van der Waals surface area contributed by atoms with Crippen molar-refractivity contribution in [2.75, 3.05) is 12.4 Å². The van der Waals surface area contributed by atoms with Gasteiger partial charge >= 0.3 is 0 Å². The lowest BCUT2D eigenvalue weighted by Crippen LogP contribution is -2.12. The fourth-order valence-corrected chi connectivity index (χ4v) is 2.57. The Labute approximate surface area is 122 Å². The van der Waals surface area contributed by atoms with Gasteiger partial charge in [0.15, 0.2) is 16.6 Å². The number of phenolic OH excluding ortho intramolecular Hbond substituents is 1. The molecule has 0 unspecified atom stereocenters. The molecule has 2 aromatic rings. The molecule has 1 aromatic heterocycles. The van der Waals surface area contributed by atoms with Crippen LogP contribution in [0, 0.1) is 6.92 Å². The van der Waals surface area contributed by atoms with Crippen LogP contribution in [0.15, 0.2) is 22.0 Å². The summed E-state index contributed by atoms with van der Waals surface area (Å²) >= 11 is 4.53. The van der Waals surface area contributed by atoms with Gasteiger partial charge in [0.1, 0.15) is 0 Å². The van der Waals surface area contributed by atoms with E-state index in [4.69, 9.17) is 4.74 Å². The second-order valence-corrected chi connectivity index (χ2v) is 5.47. The first-order chi connectivity index (χ1) is 9.01. The number of nitrogens with zero attached hydrogens (tertiary/aromatic N) is 1. The number of ether oxygens (including phenoxy) is 1. The molecule has 0 atom stereocenters. The minimum atomic E-state index is -0.312. The summed E-state index contributed by atoms with van der Waals surface area (Å²) in [5.74, 6) is -0.118. The maximum Gasteiger partial charge on any atom is 0.257 e. The van der Waals surface area contributed by atoms with E-state index in [1.54, 1.807) is 0 Å². The van der Waals surface area contributed by atoms with E-state index in [9.17, 15) is 9.90 Å². The zero-order chi connectivity index (χ0) is 14.0. The average Bonchev–Trinajstić information content (AvgIpc) is 2.77. The van der Waals surface area contributed by atoms with Crippen molar-refractivity contribution in [1.82, 2.24) is 4.98 Å². The van der Waals surface area contributed by atoms with E-state index < -0.39 is 0 Å². The first-order valence-electron chi connectivity index (χ1n) is 5.31. The molecule has 0 fully saturated rings. The number of aryl methyl sites for hydroxylation is 1. The highest BCUT2D eigenvalue weighted by Crippen LogP contribution is 2.35. The Morgan fingerprint density at radius 3 is 2.84 bits per heavy atom. The molecule has 0 aliphatic heterocycles. The number of thiazole rings is 1. The number of benzene rings is 1. The lowest BCUT2D eigenvalue weighted by molar-refractivity contribution is 0.102. The molecular formula is C12H11BrN2O3S. The number of aromatic hydroxyl groups is 1. The number of halogens is 1. The van der Waals surface area contributed by atoms with Gasteiger partial charge in [-0.15, -0.1) is 11.3 Å². The second kappa shape index (κ2) is 5.58. The zero-order valence-corrected chi connectivity index (χ0v) is 12.6. The van der Waals surface area contributed by atoms with Crippen molar-refractivity contribution in [2.24, 2.45) is 0 Å². The monoisotopic (exact) mass is 342 g/mol. The van der Waals surface area contributed by atoms with Gasteiger partial charge in [-0.3, -0.25) is 10.1 Å². The van der Waals surface area contributed by atoms with Crippen LogP contribution >= 0.6 is 27.3 Å². The number of rotatable bonds is 3. The summed E-state index contributed by atoms with van der Waals surface area (Å²) in [6, 6.07) is 2.99. The third-order valence-electron chi connectivity index (χ3n) is 2.35. The number of nitrogens with one attached hydrogen (secondary N) is 1. The van der Waals surface area contributed by atoms with Gasteiger partial charge < -0.3 is 9.84 Å². The van der Waals surface area contributed by atoms with Crippen LogP contribution in [0.4, 0.5) is 5.13 Å². The Bertz CT molecular complexity index is 627. The first kappa shape index (κ1) is 13.8. The van der Waals surface area contributed by atoms with Crippen molar-refractivity contribution in [3.63, 3.8) is 0 Å². The fourth-order valence-electron chi connectivity index (χ4n) is 1.44. The molecule has 0 saturated carbocycles. The number of phenols is 1. The highest BCUT2D eigenvalue weighted by molar-refractivity contribution is 9.10. The number of aromatic nitrogens is 1. The summed E-state index contributed by atoms with van der Waals surface area (Å²) in [7, 11) is 1.42. The van der Waals surface area contributed by atoms with Crippen LogP contribution in [-0.4, -0.2) is 23.1 Å². The molecule has 1 heterocycles. The Balaban J connectivity index is 2.26. The molecule has 5 nitrogen and oxygen atoms in total. The molecule has 7 heteroatoms. The van der Waals surface area contributed by atoms with Crippen molar-refractivity contribution in [3.8, 4) is 11.5 Å². The quantitative estimate of drug-likeness (QED) is 0.898. The number of anilines is 1. The van der Waals surface area contributed by atoms with Crippen molar-refractivity contribution in [2.45, 2.75) is 6.92 Å². The van der Waals surface area contributed by atoms with Crippen LogP contribution in [0.1, 0.15) is 16.1 Å². The number of hydrogen-bond donors (Lipinski definition) is 2. The number of carbonyl (C=O) groups excluding carboxylic acids is 1. The summed E-state index contributed by atoms with van der Waals surface area (Å²) < 4.78 is 5.39. The Kier molecular flexibility index (Phi) is 4.06. The largest absolute Gasteiger partial charge is 0.503 e. The average molecular weight is 343 g/mol. The van der Waals surface area contributed by atoms with Gasteiger partial charge in [-0.2, -0.15) is 0 Å². The van der Waals surface area contributed by atoms with Gasteiger partial charge in [0.2, 0.25) is 0 Å². The third kappa shape index (κ3) is 3.05. The smallest absolute Gasteiger partial charge is 0.257 e. The predicted molar refractivity (Wildman–Crippen MR) is 77.2 cm³/mol. The van der Waals surface area contributed by atoms with Crippen molar-refractivity contribution in [3.05, 3.63) is 33.2 Å². The summed E-state index contributed by atoms with van der Waals surface area (Å²) in [6.45, 7) is 1.85. The molecule has 0 saturated heterocycles. The van der Waals surface area contributed by atoms with Gasteiger partial charge in [-0.25, -0.2) is 4.98 Å². The molecule has 100 valence electrons. The SMILES string of the molecule is COc1cc(C(=O)Nc2nc(C)cs2)cc(Br)c1O. The normalized spacial score (nSPS) is 10.3. The molecule has 1 amide bonds. The number of hydrogen-bond acceptors (Lipinski definition) is 5. The van der Waals surface area contributed by atoms with E-state index in [0.717, 1.165) is 5.69 Å². The van der Waals surface area contributed by atoms with Crippen molar-refractivity contribution < 1.29 is 14.6 Å². The summed E-state index contributed by atoms with van der Waals surface area (Å²) in [6.07, 6.45) is 0. The van der Waals surface area contributed by atoms with Gasteiger partial charge in [0.25, 0.3) is 5.91 Å². The van der Waals surface area contributed by atoms with Gasteiger partial charge in [0.05, 0.1) is 17.3 Å². The van der Waals surface area contributed by atoms with Crippen LogP contribution in [0.5, 0.6) is 11.5 Å². The van der Waals surface area contributed by atoms with Crippen LogP contribution in [0.3, 0.4) is 0 Å². The summed E-state index contributed by atoms with van der Waals surface area (Å²) in [5.41, 5.74) is 1.22. The Morgan fingerprint density at radius 2 is 2.26 bits per heavy atom. The Hall–Kier alpha value is -1.60. The molecule has 2 rings (SSSR count). The molecule has 1 aromatic carbocycles. The minimum Gasteiger partial charge on any atom is -0.503 e. The third-order valence-corrected chi connectivity index (χ3v) is 3.83. The highest BCUT2D eigenvalue weighted by Gasteiger charge is 2.14. The van der Waals surface area contributed by atoms with Gasteiger partial charge in [-0.05, 0) is 35.0 Å². The molecule has 0 aliphatic carbocycles.